The summed E-state index contributed by atoms with van der Waals surface area (Å²) in [6.07, 6.45) is 14.6. The minimum atomic E-state index is -4.31. The minimum absolute atomic E-state index is 0. The molecule has 0 radical (unpaired) electrons. The maximum absolute atomic E-state index is 12.6. The first kappa shape index (κ1) is 75.0. The molecule has 15 aromatic rings. The minimum Gasteiger partial charge on any atom is -0.657 e. The molecule has 0 spiro atoms. The fraction of sp³-hybridized carbons (Fsp3) is 0.147. The van der Waals surface area contributed by atoms with Crippen molar-refractivity contribution in [2.75, 3.05) is 71.3 Å². The van der Waals surface area contributed by atoms with Gasteiger partial charge in [-0.25, -0.2) is 0 Å². The van der Waals surface area contributed by atoms with Gasteiger partial charge >= 0.3 is 69.4 Å². The molecule has 24 heteroatoms. The van der Waals surface area contributed by atoms with E-state index in [1.165, 1.54) is 100.0 Å². The Balaban J connectivity index is 0.000000154. The standard InChI is InChI=1S/3C23H25N4.C14H6N3.C13H7F3N.C13H7N2.3Pt/c3*1-17-10-18(2)23(19(3)11-17)20-12-21(26-8-6-24(4)15-26)14-22(13-20)27-9-7-25(5)16-27;15-7-9-1-3-13-11(5-9)12-6-10(8-16)2-4-14(12)17-13;14-13(15,16)8-5-6-12-10(7-8)9-3-1-2-4-11(9)17-12;14-8-9-5-6-13-11(7-9)10-3-1-2-4-12(10)15-13;;;/h3*6-13,15-16H,1-5H3;1-6H;1-7H;1-7H;;;/q3*-3;3*-1;3*+4/i3*4D3,5D3;;;;;;. The Morgan fingerprint density at radius 3 is 0.744 bits per heavy atom. The average Bonchev–Trinajstić information content (AvgIpc) is 1.55. The molecular formula is C109H95F3N18Pt3. The second-order valence-corrected chi connectivity index (χ2v) is 31.7. The summed E-state index contributed by atoms with van der Waals surface area (Å²) in [5.74, 6) is 0. The molecule has 0 saturated carbocycles. The number of rotatable bonds is 9. The number of nitrogens with zero attached hydrogens (tertiary/aromatic N) is 18. The van der Waals surface area contributed by atoms with Gasteiger partial charge in [-0.05, 0) is 303 Å². The van der Waals surface area contributed by atoms with Crippen molar-refractivity contribution in [2.24, 2.45) is 0 Å². The van der Waals surface area contributed by atoms with Gasteiger partial charge in [0, 0.05) is 24.7 Å². The summed E-state index contributed by atoms with van der Waals surface area (Å²) in [6.45, 7) is 13.8. The SMILES string of the molecule is FC(F)(F)c1ccc2[n-]c3ccccc3c2c1.N#Cc1ccc2[n-]c3ccc(C#N)cc3c2c1.N#Cc1ccc2[n-]c3ccccc3c2c1.[2H]C([2H])([2H])N1C=CN(c2[c-]c(N3C=CN(C([2H])([2H])[2H])[CH-]3)cc(-c3c(C)cc(C)cc3C)c2)[CH-]1.[2H]C([2H])([2H])N1C=CN(c2[c-]c(N3C=CN(C([2H])([2H])[2H])[CH-]3)cc(-c3c(C)cc(C)cc3C)c2)[CH-]1.[2H]C([2H])([2H])N1C=CN(c2[c-]c(N3C=CN(C([2H])([2H])[2H])[CH-]3)cc(-c3c(C)cc(C)cc3C)c2)[CH-]1.[Pt+4].[Pt+4].[Pt+4]. The smallest absolute Gasteiger partial charge is 0.657 e. The molecule has 672 valence electrons. The molecule has 133 heavy (non-hydrogen) atoms. The summed E-state index contributed by atoms with van der Waals surface area (Å²) in [6, 6.07) is 75.9. The summed E-state index contributed by atoms with van der Waals surface area (Å²) in [7, 11) is 0. The van der Waals surface area contributed by atoms with Crippen LogP contribution in [0.4, 0.5) is 47.3 Å². The van der Waals surface area contributed by atoms with E-state index in [2.05, 4.69) is 150 Å². The largest absolute Gasteiger partial charge is 4.00 e. The number of hydrogen-bond acceptors (Lipinski definition) is 15. The van der Waals surface area contributed by atoms with Crippen LogP contribution in [0.5, 0.6) is 0 Å². The summed E-state index contributed by atoms with van der Waals surface area (Å²) in [5, 5.41) is 31.9. The van der Waals surface area contributed by atoms with Crippen LogP contribution in [-0.2, 0) is 69.4 Å². The molecule has 18 nitrogen and oxygen atoms in total. The van der Waals surface area contributed by atoms with Crippen LogP contribution in [0, 0.1) is 155 Å². The second-order valence-electron chi connectivity index (χ2n) is 31.7. The van der Waals surface area contributed by atoms with E-state index in [-0.39, 0.29) is 63.2 Å². The molecule has 0 aliphatic carbocycles. The first-order valence-corrected chi connectivity index (χ1v) is 41.0. The number of fused-ring (bicyclic) bond motifs is 9. The van der Waals surface area contributed by atoms with Gasteiger partial charge in [-0.3, -0.25) is 0 Å². The van der Waals surface area contributed by atoms with E-state index in [1.54, 1.807) is 103 Å². The molecule has 0 unspecified atom stereocenters. The Morgan fingerprint density at radius 2 is 0.511 bits per heavy atom. The third-order valence-electron chi connectivity index (χ3n) is 22.0. The number of benzene rings is 12. The Hall–Kier alpha value is -13.6. The first-order chi connectivity index (χ1) is 69.7. The Bertz CT molecular complexity index is 7230. The molecule has 9 heterocycles. The van der Waals surface area contributed by atoms with Gasteiger partial charge < -0.3 is 73.8 Å². The van der Waals surface area contributed by atoms with E-state index in [9.17, 15) is 13.2 Å². The summed E-state index contributed by atoms with van der Waals surface area (Å²) in [4.78, 5) is 30.3. The van der Waals surface area contributed by atoms with Crippen molar-refractivity contribution in [3.05, 3.63) is 399 Å². The number of para-hydroxylation sites is 2. The van der Waals surface area contributed by atoms with Crippen LogP contribution in [0.2, 0.25) is 0 Å². The van der Waals surface area contributed by atoms with Crippen molar-refractivity contribution in [1.29, 1.82) is 15.8 Å². The van der Waals surface area contributed by atoms with Crippen molar-refractivity contribution < 1.29 is 101 Å². The van der Waals surface area contributed by atoms with Gasteiger partial charge in [0.25, 0.3) is 0 Å². The zero-order valence-electron chi connectivity index (χ0n) is 91.0. The molecule has 3 aromatic heterocycles. The maximum atomic E-state index is 12.6. The normalized spacial score (nSPS) is 16.5. The first-order valence-electron chi connectivity index (χ1n) is 50.0. The van der Waals surface area contributed by atoms with Crippen LogP contribution in [-0.4, -0.2) is 71.3 Å². The molecule has 6 aliphatic rings. The fourth-order valence-corrected chi connectivity index (χ4v) is 16.5. The van der Waals surface area contributed by atoms with E-state index < -0.39 is 53.6 Å². The maximum Gasteiger partial charge on any atom is 4.00 e. The molecule has 6 aliphatic heterocycles. The van der Waals surface area contributed by atoms with Gasteiger partial charge in [-0.2, -0.15) is 69.0 Å². The molecule has 0 amide bonds. The zero-order valence-corrected chi connectivity index (χ0v) is 79.8. The van der Waals surface area contributed by atoms with Gasteiger partial charge in [0.05, 0.1) is 40.5 Å². The van der Waals surface area contributed by atoms with Crippen molar-refractivity contribution in [1.82, 2.24) is 44.4 Å². The molecule has 0 bridgehead atoms. The quantitative estimate of drug-likeness (QED) is 0.126. The van der Waals surface area contributed by atoms with Crippen molar-refractivity contribution in [2.45, 2.75) is 68.5 Å². The topological polar surface area (TPSA) is 153 Å². The van der Waals surface area contributed by atoms with Crippen LogP contribution < -0.4 is 44.4 Å². The van der Waals surface area contributed by atoms with E-state index in [4.69, 9.17) is 40.5 Å². The van der Waals surface area contributed by atoms with Gasteiger partial charge in [0.1, 0.15) is 0 Å². The zero-order chi connectivity index (χ0) is 107. The third-order valence-corrected chi connectivity index (χ3v) is 22.0. The van der Waals surface area contributed by atoms with E-state index in [1.807, 2.05) is 103 Å². The number of alkyl halides is 3. The van der Waals surface area contributed by atoms with Crippen LogP contribution in [0.1, 0.15) is 97.0 Å². The van der Waals surface area contributed by atoms with Crippen LogP contribution in [0.15, 0.2) is 269 Å². The predicted molar refractivity (Wildman–Crippen MR) is 520 cm³/mol. The monoisotopic (exact) mass is 2320 g/mol. The third kappa shape index (κ3) is 21.9. The molecular weight excluding hydrogens is 2200 g/mol. The average molecular weight is 2320 g/mol. The second kappa shape index (κ2) is 41.5. The number of halogens is 3. The van der Waals surface area contributed by atoms with Crippen LogP contribution in [0.3, 0.4) is 0 Å². The molecule has 0 saturated heterocycles. The number of aromatic nitrogens is 3. The van der Waals surface area contributed by atoms with Crippen molar-refractivity contribution >= 4 is 99.5 Å². The Labute approximate surface area is 845 Å². The molecule has 21 rings (SSSR count). The summed E-state index contributed by atoms with van der Waals surface area (Å²) >= 11 is 0. The van der Waals surface area contributed by atoms with Gasteiger partial charge in [0.2, 0.25) is 0 Å². The number of anilines is 6. The Kier molecular flexibility index (Phi) is 23.4. The molecule has 0 atom stereocenters. The summed E-state index contributed by atoms with van der Waals surface area (Å²) < 4.78 is 176. The fourth-order valence-electron chi connectivity index (χ4n) is 16.5. The number of nitriles is 3. The van der Waals surface area contributed by atoms with Gasteiger partial charge in [-0.15, -0.1) is 139 Å². The van der Waals surface area contributed by atoms with Gasteiger partial charge in [0.15, 0.2) is 0 Å². The molecule has 12 aromatic carbocycles. The van der Waals surface area contributed by atoms with E-state index in [0.717, 1.165) is 163 Å². The van der Waals surface area contributed by atoms with Crippen molar-refractivity contribution in [3.63, 3.8) is 0 Å². The van der Waals surface area contributed by atoms with Crippen molar-refractivity contribution in [3.8, 4) is 51.6 Å². The predicted octanol–water partition coefficient (Wildman–Crippen LogP) is 23.8. The van der Waals surface area contributed by atoms with Gasteiger partial charge in [-0.1, -0.05) is 132 Å². The number of aryl methyl sites for hydroxylation is 9. The van der Waals surface area contributed by atoms with Crippen LogP contribution >= 0.6 is 0 Å². The van der Waals surface area contributed by atoms with E-state index >= 15 is 0 Å². The van der Waals surface area contributed by atoms with Crippen LogP contribution in [0.25, 0.3) is 98.8 Å². The molecule has 0 fully saturated rings. The Morgan fingerprint density at radius 1 is 0.286 bits per heavy atom. The summed E-state index contributed by atoms with van der Waals surface area (Å²) in [5.41, 5.74) is 26.3. The number of hydrogen-bond donors (Lipinski definition) is 0. The van der Waals surface area contributed by atoms with E-state index in [0.29, 0.717) is 61.7 Å². The molecule has 0 N–H and O–H groups in total.